The van der Waals surface area contributed by atoms with E-state index in [-0.39, 0.29) is 15.6 Å². The van der Waals surface area contributed by atoms with E-state index in [4.69, 9.17) is 0 Å². The van der Waals surface area contributed by atoms with Crippen molar-refractivity contribution < 1.29 is 17.9 Å². The molecule has 0 bridgehead atoms. The molecular formula is C15H14N4O4S2. The minimum absolute atomic E-state index is 0.0124. The molecule has 130 valence electrons. The molecule has 0 atom stereocenters. The van der Waals surface area contributed by atoms with Gasteiger partial charge in [-0.15, -0.1) is 11.3 Å². The van der Waals surface area contributed by atoms with Gasteiger partial charge >= 0.3 is 5.97 Å². The van der Waals surface area contributed by atoms with Crippen molar-refractivity contribution in [3.63, 3.8) is 0 Å². The first-order chi connectivity index (χ1) is 12.0. The molecule has 0 saturated carbocycles. The van der Waals surface area contributed by atoms with Crippen LogP contribution in [0.5, 0.6) is 0 Å². The highest BCUT2D eigenvalue weighted by Gasteiger charge is 2.20. The molecular weight excluding hydrogens is 364 g/mol. The number of nitrogens with zero attached hydrogens (tertiary/aromatic N) is 3. The Hall–Kier alpha value is -2.72. The second kappa shape index (κ2) is 7.03. The second-order valence-electron chi connectivity index (χ2n) is 5.00. The highest BCUT2D eigenvalue weighted by atomic mass is 32.2. The lowest BCUT2D eigenvalue weighted by atomic mass is 10.3. The Balaban J connectivity index is 1.73. The number of ether oxygens (including phenoxy) is 1. The van der Waals surface area contributed by atoms with E-state index >= 15 is 0 Å². The fourth-order valence-corrected chi connectivity index (χ4v) is 4.23. The van der Waals surface area contributed by atoms with Crippen molar-refractivity contribution in [1.82, 2.24) is 14.8 Å². The summed E-state index contributed by atoms with van der Waals surface area (Å²) in [5.74, 6) is -0.382. The van der Waals surface area contributed by atoms with Crippen molar-refractivity contribution in [3.8, 4) is 0 Å². The lowest BCUT2D eigenvalue weighted by Crippen LogP contribution is -2.13. The maximum absolute atomic E-state index is 12.4. The summed E-state index contributed by atoms with van der Waals surface area (Å²) in [6.45, 7) is 0.495. The van der Waals surface area contributed by atoms with Crippen molar-refractivity contribution >= 4 is 33.1 Å². The number of esters is 1. The van der Waals surface area contributed by atoms with Crippen LogP contribution in [0.4, 0.5) is 5.82 Å². The Morgan fingerprint density at radius 2 is 2.08 bits per heavy atom. The van der Waals surface area contributed by atoms with Crippen LogP contribution in [0.1, 0.15) is 15.2 Å². The van der Waals surface area contributed by atoms with E-state index in [1.165, 1.54) is 18.6 Å². The predicted octanol–water partition coefficient (Wildman–Crippen LogP) is 1.98. The Bertz CT molecular complexity index is 980. The molecule has 25 heavy (non-hydrogen) atoms. The van der Waals surface area contributed by atoms with Gasteiger partial charge in [-0.3, -0.25) is 14.4 Å². The number of carbonyl (C=O) groups excluding carboxylic acids is 1. The normalized spacial score (nSPS) is 11.2. The molecule has 3 aromatic heterocycles. The number of nitrogens with one attached hydrogen (secondary N) is 1. The number of aromatic nitrogens is 3. The third-order valence-corrected chi connectivity index (χ3v) is 5.64. The summed E-state index contributed by atoms with van der Waals surface area (Å²) in [6.07, 6.45) is 5.03. The molecule has 0 aliphatic heterocycles. The van der Waals surface area contributed by atoms with Gasteiger partial charge in [0.1, 0.15) is 4.88 Å². The zero-order valence-electron chi connectivity index (χ0n) is 13.1. The molecule has 0 aliphatic rings. The Kier molecular flexibility index (Phi) is 4.81. The number of hydrogen-bond donors (Lipinski definition) is 1. The fraction of sp³-hybridized carbons (Fsp3) is 0.133. The molecule has 0 spiro atoms. The van der Waals surface area contributed by atoms with E-state index in [9.17, 15) is 13.2 Å². The van der Waals surface area contributed by atoms with E-state index in [2.05, 4.69) is 19.5 Å². The van der Waals surface area contributed by atoms with Crippen molar-refractivity contribution in [2.75, 3.05) is 11.8 Å². The molecule has 1 N–H and O–H groups in total. The van der Waals surface area contributed by atoms with Crippen molar-refractivity contribution in [3.05, 3.63) is 58.7 Å². The van der Waals surface area contributed by atoms with Gasteiger partial charge in [0.2, 0.25) is 0 Å². The average molecular weight is 378 g/mol. The number of rotatable bonds is 6. The molecule has 0 aromatic carbocycles. The molecule has 0 radical (unpaired) electrons. The monoisotopic (exact) mass is 378 g/mol. The predicted molar refractivity (Wildman–Crippen MR) is 92.0 cm³/mol. The highest BCUT2D eigenvalue weighted by molar-refractivity contribution is 7.92. The third-order valence-electron chi connectivity index (χ3n) is 3.25. The number of pyridine rings is 1. The Morgan fingerprint density at radius 1 is 1.32 bits per heavy atom. The van der Waals surface area contributed by atoms with Gasteiger partial charge in [-0.05, 0) is 23.8 Å². The quantitative estimate of drug-likeness (QED) is 0.658. The molecule has 0 aliphatic carbocycles. The van der Waals surface area contributed by atoms with Gasteiger partial charge in [-0.2, -0.15) is 5.10 Å². The first kappa shape index (κ1) is 17.1. The summed E-state index contributed by atoms with van der Waals surface area (Å²) in [5, 5.41) is 5.57. The number of carbonyl (C=O) groups is 1. The van der Waals surface area contributed by atoms with E-state index in [0.29, 0.717) is 6.54 Å². The van der Waals surface area contributed by atoms with Crippen LogP contribution in [0.25, 0.3) is 0 Å². The first-order valence-corrected chi connectivity index (χ1v) is 9.46. The maximum Gasteiger partial charge on any atom is 0.348 e. The van der Waals surface area contributed by atoms with Crippen LogP contribution in [-0.2, 0) is 21.3 Å². The van der Waals surface area contributed by atoms with E-state index in [0.717, 1.165) is 16.9 Å². The Morgan fingerprint density at radius 3 is 2.80 bits per heavy atom. The highest BCUT2D eigenvalue weighted by Crippen LogP contribution is 2.22. The molecule has 3 rings (SSSR count). The Labute approximate surface area is 148 Å². The number of thiophene rings is 1. The minimum Gasteiger partial charge on any atom is -0.465 e. The summed E-state index contributed by atoms with van der Waals surface area (Å²) < 4.78 is 33.3. The molecule has 8 nitrogen and oxygen atoms in total. The van der Waals surface area contributed by atoms with Gasteiger partial charge in [-0.25, -0.2) is 13.2 Å². The molecule has 0 fully saturated rings. The SMILES string of the molecule is COC(=O)c1cc(S(=O)(=O)Nc2ccn(Cc3ccncc3)n2)cs1. The average Bonchev–Trinajstić information content (AvgIpc) is 3.25. The lowest BCUT2D eigenvalue weighted by Gasteiger charge is -2.03. The van der Waals surface area contributed by atoms with Crippen LogP contribution >= 0.6 is 11.3 Å². The van der Waals surface area contributed by atoms with Crippen molar-refractivity contribution in [2.24, 2.45) is 0 Å². The van der Waals surface area contributed by atoms with Crippen LogP contribution in [0.2, 0.25) is 0 Å². The molecule has 3 aromatic rings. The van der Waals surface area contributed by atoms with E-state index in [1.54, 1.807) is 29.3 Å². The molecule has 3 heterocycles. The van der Waals surface area contributed by atoms with Crippen molar-refractivity contribution in [2.45, 2.75) is 11.4 Å². The third kappa shape index (κ3) is 4.03. The lowest BCUT2D eigenvalue weighted by molar-refractivity contribution is 0.0606. The fourth-order valence-electron chi connectivity index (χ4n) is 2.04. The van der Waals surface area contributed by atoms with Gasteiger partial charge in [-0.1, -0.05) is 0 Å². The summed E-state index contributed by atoms with van der Waals surface area (Å²) in [6, 6.07) is 6.54. The van der Waals surface area contributed by atoms with Crippen LogP contribution in [0, 0.1) is 0 Å². The van der Waals surface area contributed by atoms with E-state index in [1.807, 2.05) is 12.1 Å². The second-order valence-corrected chi connectivity index (χ2v) is 7.59. The standard InChI is InChI=1S/C15H14N4O4S2/c1-23-15(20)13-8-12(10-24-13)25(21,22)18-14-4-7-19(17-14)9-11-2-5-16-6-3-11/h2-8,10H,9H2,1H3,(H,17,18). The largest absolute Gasteiger partial charge is 0.465 e. The van der Waals surface area contributed by atoms with Gasteiger partial charge in [0.15, 0.2) is 5.82 Å². The maximum atomic E-state index is 12.4. The van der Waals surface area contributed by atoms with E-state index < -0.39 is 16.0 Å². The van der Waals surface area contributed by atoms with Gasteiger partial charge in [0.05, 0.1) is 18.6 Å². The molecule has 0 unspecified atom stereocenters. The van der Waals surface area contributed by atoms with Gasteiger partial charge < -0.3 is 4.74 Å². The topological polar surface area (TPSA) is 103 Å². The number of anilines is 1. The summed E-state index contributed by atoms with van der Waals surface area (Å²) >= 11 is 1.00. The van der Waals surface area contributed by atoms with Crippen molar-refractivity contribution in [1.29, 1.82) is 0 Å². The van der Waals surface area contributed by atoms with Gasteiger partial charge in [0.25, 0.3) is 10.0 Å². The molecule has 0 saturated heterocycles. The van der Waals surface area contributed by atoms with Crippen LogP contribution < -0.4 is 4.72 Å². The minimum atomic E-state index is -3.83. The number of hydrogen-bond acceptors (Lipinski definition) is 7. The van der Waals surface area contributed by atoms with Crippen LogP contribution in [0.15, 0.2) is 53.1 Å². The zero-order chi connectivity index (χ0) is 17.9. The van der Waals surface area contributed by atoms with Crippen LogP contribution in [-0.4, -0.2) is 36.3 Å². The summed E-state index contributed by atoms with van der Waals surface area (Å²) in [7, 11) is -2.59. The van der Waals surface area contributed by atoms with Gasteiger partial charge in [0, 0.05) is 30.0 Å². The van der Waals surface area contributed by atoms with Crippen LogP contribution in [0.3, 0.4) is 0 Å². The number of methoxy groups -OCH3 is 1. The summed E-state index contributed by atoms with van der Waals surface area (Å²) in [4.78, 5) is 15.6. The number of sulfonamides is 1. The molecule has 0 amide bonds. The molecule has 10 heteroatoms. The zero-order valence-corrected chi connectivity index (χ0v) is 14.8. The summed E-state index contributed by atoms with van der Waals surface area (Å²) in [5.41, 5.74) is 0.994. The smallest absolute Gasteiger partial charge is 0.348 e. The first-order valence-electron chi connectivity index (χ1n) is 7.10.